The average molecular weight is 510 g/mol. The molecule has 1 saturated heterocycles. The molecule has 2 N–H and O–H groups in total. The molecule has 27 heavy (non-hydrogen) atoms. The highest BCUT2D eigenvalue weighted by Crippen LogP contribution is 2.13. The third-order valence-electron chi connectivity index (χ3n) is 4.21. The van der Waals surface area contributed by atoms with Crippen molar-refractivity contribution in [3.8, 4) is 0 Å². The van der Waals surface area contributed by atoms with Crippen LogP contribution in [-0.4, -0.2) is 64.9 Å². The molecule has 9 heteroatoms. The number of sulfonamides is 1. The summed E-state index contributed by atoms with van der Waals surface area (Å²) in [6.07, 6.45) is 1.06. The minimum Gasteiger partial charge on any atom is -0.381 e. The summed E-state index contributed by atoms with van der Waals surface area (Å²) >= 11 is 0. The van der Waals surface area contributed by atoms with E-state index in [0.717, 1.165) is 44.2 Å². The molecule has 1 heterocycles. The fourth-order valence-corrected chi connectivity index (χ4v) is 3.67. The first-order valence-electron chi connectivity index (χ1n) is 9.08. The number of nitrogens with zero attached hydrogens (tertiary/aromatic N) is 2. The van der Waals surface area contributed by atoms with Gasteiger partial charge in [0.2, 0.25) is 10.0 Å². The quantitative estimate of drug-likeness (QED) is 0.300. The van der Waals surface area contributed by atoms with E-state index in [1.807, 2.05) is 49.2 Å². The van der Waals surface area contributed by atoms with Crippen LogP contribution in [-0.2, 0) is 21.3 Å². The summed E-state index contributed by atoms with van der Waals surface area (Å²) in [5.74, 6) is 1.20. The highest BCUT2D eigenvalue weighted by molar-refractivity contribution is 14.0. The van der Waals surface area contributed by atoms with Gasteiger partial charge in [-0.3, -0.25) is 4.99 Å². The predicted octanol–water partition coefficient (Wildman–Crippen LogP) is 1.66. The van der Waals surface area contributed by atoms with E-state index < -0.39 is 10.0 Å². The van der Waals surface area contributed by atoms with Crippen LogP contribution in [0, 0.1) is 5.92 Å². The minimum atomic E-state index is -3.36. The normalized spacial score (nSPS) is 17.4. The Labute approximate surface area is 180 Å². The Morgan fingerprint density at radius 2 is 2.07 bits per heavy atom. The topological polar surface area (TPSA) is 83.0 Å². The molecular weight excluding hydrogens is 479 g/mol. The van der Waals surface area contributed by atoms with Gasteiger partial charge >= 0.3 is 0 Å². The lowest BCUT2D eigenvalue weighted by Gasteiger charge is -2.24. The molecule has 0 aromatic heterocycles. The van der Waals surface area contributed by atoms with E-state index in [-0.39, 0.29) is 36.3 Å². The molecule has 1 aliphatic heterocycles. The van der Waals surface area contributed by atoms with Gasteiger partial charge in [0.25, 0.3) is 0 Å². The number of aliphatic imine (C=N–C) groups is 1. The van der Waals surface area contributed by atoms with Crippen molar-refractivity contribution >= 4 is 40.0 Å². The van der Waals surface area contributed by atoms with Gasteiger partial charge in [-0.2, -0.15) is 0 Å². The van der Waals surface area contributed by atoms with Gasteiger partial charge in [-0.25, -0.2) is 13.1 Å². The lowest BCUT2D eigenvalue weighted by atomic mass is 10.1. The Bertz CT molecular complexity index is 664. The molecule has 0 bridgehead atoms. The SMILES string of the molecule is CCNC(=NCCS(=O)(=O)NCc1ccccc1)N(C)CC1CCOC1.I. The summed E-state index contributed by atoms with van der Waals surface area (Å²) < 4.78 is 32.4. The van der Waals surface area contributed by atoms with Gasteiger partial charge in [-0.1, -0.05) is 30.3 Å². The highest BCUT2D eigenvalue weighted by Gasteiger charge is 2.19. The van der Waals surface area contributed by atoms with Gasteiger partial charge in [0.05, 0.1) is 18.9 Å². The Balaban J connectivity index is 0.00000364. The Hall–Kier alpha value is -0.910. The standard InChI is InChI=1S/C18H30N4O3S.HI/c1-3-19-18(22(2)14-17-9-11-25-15-17)20-10-12-26(23,24)21-13-16-7-5-4-6-8-16;/h4-8,17,21H,3,9-15H2,1-2H3,(H,19,20);1H. The summed E-state index contributed by atoms with van der Waals surface area (Å²) in [7, 11) is -1.39. The highest BCUT2D eigenvalue weighted by atomic mass is 127. The van der Waals surface area contributed by atoms with Crippen LogP contribution in [0.15, 0.2) is 35.3 Å². The lowest BCUT2D eigenvalue weighted by molar-refractivity contribution is 0.181. The van der Waals surface area contributed by atoms with Crippen molar-refractivity contribution < 1.29 is 13.2 Å². The smallest absolute Gasteiger partial charge is 0.213 e. The molecule has 1 atom stereocenters. The maximum Gasteiger partial charge on any atom is 0.213 e. The number of rotatable bonds is 9. The molecular formula is C18H31IN4O3S. The first-order chi connectivity index (χ1) is 12.5. The third kappa shape index (κ3) is 9.22. The molecule has 0 spiro atoms. The maximum atomic E-state index is 12.2. The molecule has 0 aliphatic carbocycles. The van der Waals surface area contributed by atoms with Crippen molar-refractivity contribution in [1.82, 2.24) is 14.9 Å². The number of guanidine groups is 1. The Morgan fingerprint density at radius 3 is 2.70 bits per heavy atom. The number of benzene rings is 1. The second-order valence-electron chi connectivity index (χ2n) is 6.47. The Kier molecular flexibility index (Phi) is 11.2. The number of hydrogen-bond donors (Lipinski definition) is 2. The first kappa shape index (κ1) is 24.1. The van der Waals surface area contributed by atoms with Crippen molar-refractivity contribution in [3.05, 3.63) is 35.9 Å². The van der Waals surface area contributed by atoms with E-state index in [4.69, 9.17) is 4.74 Å². The van der Waals surface area contributed by atoms with Gasteiger partial charge in [0.1, 0.15) is 0 Å². The number of nitrogens with one attached hydrogen (secondary N) is 2. The van der Waals surface area contributed by atoms with Gasteiger partial charge in [0.15, 0.2) is 5.96 Å². The van der Waals surface area contributed by atoms with Crippen LogP contribution < -0.4 is 10.0 Å². The molecule has 1 aromatic carbocycles. The van der Waals surface area contributed by atoms with Crippen LogP contribution >= 0.6 is 24.0 Å². The van der Waals surface area contributed by atoms with Crippen molar-refractivity contribution in [2.75, 3.05) is 45.6 Å². The zero-order valence-electron chi connectivity index (χ0n) is 16.1. The zero-order valence-corrected chi connectivity index (χ0v) is 19.2. The predicted molar refractivity (Wildman–Crippen MR) is 120 cm³/mol. The average Bonchev–Trinajstić information content (AvgIpc) is 3.13. The second-order valence-corrected chi connectivity index (χ2v) is 8.40. The largest absolute Gasteiger partial charge is 0.381 e. The molecule has 7 nitrogen and oxygen atoms in total. The summed E-state index contributed by atoms with van der Waals surface area (Å²) in [5, 5.41) is 3.22. The summed E-state index contributed by atoms with van der Waals surface area (Å²) in [6, 6.07) is 9.48. The fraction of sp³-hybridized carbons (Fsp3) is 0.611. The molecule has 154 valence electrons. The first-order valence-corrected chi connectivity index (χ1v) is 10.7. The van der Waals surface area contributed by atoms with Crippen molar-refractivity contribution in [3.63, 3.8) is 0 Å². The Morgan fingerprint density at radius 1 is 1.33 bits per heavy atom. The molecule has 2 rings (SSSR count). The molecule has 0 saturated carbocycles. The minimum absolute atomic E-state index is 0. The summed E-state index contributed by atoms with van der Waals surface area (Å²) in [5.41, 5.74) is 0.937. The summed E-state index contributed by atoms with van der Waals surface area (Å²) in [6.45, 7) is 5.71. The van der Waals surface area contributed by atoms with Crippen LogP contribution in [0.5, 0.6) is 0 Å². The molecule has 1 fully saturated rings. The van der Waals surface area contributed by atoms with E-state index in [0.29, 0.717) is 12.5 Å². The molecule has 0 amide bonds. The van der Waals surface area contributed by atoms with E-state index in [1.54, 1.807) is 0 Å². The molecule has 1 aromatic rings. The lowest BCUT2D eigenvalue weighted by Crippen LogP contribution is -2.42. The van der Waals surface area contributed by atoms with Gasteiger partial charge in [-0.15, -0.1) is 24.0 Å². The molecule has 1 unspecified atom stereocenters. The van der Waals surface area contributed by atoms with E-state index in [2.05, 4.69) is 15.0 Å². The zero-order chi connectivity index (χ0) is 18.8. The van der Waals surface area contributed by atoms with Crippen molar-refractivity contribution in [1.29, 1.82) is 0 Å². The van der Waals surface area contributed by atoms with Crippen molar-refractivity contribution in [2.24, 2.45) is 10.9 Å². The van der Waals surface area contributed by atoms with E-state index in [1.165, 1.54) is 0 Å². The van der Waals surface area contributed by atoms with Gasteiger partial charge < -0.3 is 15.0 Å². The third-order valence-corrected chi connectivity index (χ3v) is 5.52. The molecule has 1 aliphatic rings. The number of halogens is 1. The van der Waals surface area contributed by atoms with Crippen LogP contribution in [0.25, 0.3) is 0 Å². The van der Waals surface area contributed by atoms with Crippen LogP contribution in [0.1, 0.15) is 18.9 Å². The van der Waals surface area contributed by atoms with Gasteiger partial charge in [-0.05, 0) is 18.9 Å². The summed E-state index contributed by atoms with van der Waals surface area (Å²) in [4.78, 5) is 6.52. The number of ether oxygens (including phenoxy) is 1. The number of hydrogen-bond acceptors (Lipinski definition) is 4. The molecule has 0 radical (unpaired) electrons. The van der Waals surface area contributed by atoms with Crippen molar-refractivity contribution in [2.45, 2.75) is 19.9 Å². The van der Waals surface area contributed by atoms with E-state index in [9.17, 15) is 8.42 Å². The van der Waals surface area contributed by atoms with E-state index >= 15 is 0 Å². The second kappa shape index (κ2) is 12.5. The van der Waals surface area contributed by atoms with Gasteiger partial charge in [0, 0.05) is 39.2 Å². The van der Waals surface area contributed by atoms with Crippen LogP contribution in [0.2, 0.25) is 0 Å². The van der Waals surface area contributed by atoms with Crippen LogP contribution in [0.4, 0.5) is 0 Å². The monoisotopic (exact) mass is 510 g/mol. The van der Waals surface area contributed by atoms with Crippen LogP contribution in [0.3, 0.4) is 0 Å². The maximum absolute atomic E-state index is 12.2. The fourth-order valence-electron chi connectivity index (χ4n) is 2.80.